The van der Waals surface area contributed by atoms with E-state index in [0.717, 1.165) is 17.9 Å². The standard InChI is InChI=1S/C18H17F3N4O4S/c19-18(20,21)11-1-2-14(22-7-11)29-10-12-9-24(3-5-28-12)15(26)13-8-23-17-25(16(13)27)4-6-30-17/h1-2,7-8,12H,3-6,9-10H2. The number of alkyl halides is 3. The molecule has 160 valence electrons. The highest BCUT2D eigenvalue weighted by atomic mass is 32.2. The molecule has 1 saturated heterocycles. The molecule has 12 heteroatoms. The highest BCUT2D eigenvalue weighted by Crippen LogP contribution is 2.29. The van der Waals surface area contributed by atoms with Crippen molar-refractivity contribution in [2.45, 2.75) is 24.0 Å². The number of aromatic nitrogens is 3. The molecule has 2 aliphatic heterocycles. The first-order valence-corrected chi connectivity index (χ1v) is 10.1. The molecule has 8 nitrogen and oxygen atoms in total. The van der Waals surface area contributed by atoms with Gasteiger partial charge in [0.15, 0.2) is 5.16 Å². The predicted octanol–water partition coefficient (Wildman–Crippen LogP) is 1.68. The Morgan fingerprint density at radius 1 is 1.27 bits per heavy atom. The lowest BCUT2D eigenvalue weighted by molar-refractivity contribution is -0.137. The van der Waals surface area contributed by atoms with Gasteiger partial charge in [-0.3, -0.25) is 14.2 Å². The smallest absolute Gasteiger partial charge is 0.417 e. The Labute approximate surface area is 173 Å². The fourth-order valence-corrected chi connectivity index (χ4v) is 4.06. The SMILES string of the molecule is O=C(c1cnc2n(c1=O)CCS2)N1CCOC(COc2ccc(C(F)(F)F)cn2)C1. The second kappa shape index (κ2) is 8.26. The zero-order valence-corrected chi connectivity index (χ0v) is 16.4. The number of morpholine rings is 1. The van der Waals surface area contributed by atoms with Crippen molar-refractivity contribution < 1.29 is 27.4 Å². The molecular weight excluding hydrogens is 425 g/mol. The molecule has 4 heterocycles. The van der Waals surface area contributed by atoms with Gasteiger partial charge in [-0.25, -0.2) is 9.97 Å². The molecule has 0 aromatic carbocycles. The maximum atomic E-state index is 12.8. The summed E-state index contributed by atoms with van der Waals surface area (Å²) in [5.74, 6) is 0.337. The Morgan fingerprint density at radius 3 is 2.83 bits per heavy atom. The van der Waals surface area contributed by atoms with Gasteiger partial charge in [0, 0.05) is 37.3 Å². The van der Waals surface area contributed by atoms with Crippen molar-refractivity contribution >= 4 is 17.7 Å². The minimum absolute atomic E-state index is 0.000203. The molecule has 0 radical (unpaired) electrons. The van der Waals surface area contributed by atoms with Gasteiger partial charge in [0.25, 0.3) is 11.5 Å². The Balaban J connectivity index is 1.38. The van der Waals surface area contributed by atoms with Gasteiger partial charge in [-0.1, -0.05) is 11.8 Å². The molecule has 2 aromatic rings. The summed E-state index contributed by atoms with van der Waals surface area (Å²) in [6.07, 6.45) is -2.98. The van der Waals surface area contributed by atoms with Gasteiger partial charge < -0.3 is 14.4 Å². The van der Waals surface area contributed by atoms with Crippen molar-refractivity contribution in [3.63, 3.8) is 0 Å². The van der Waals surface area contributed by atoms with Crippen molar-refractivity contribution in [3.8, 4) is 5.88 Å². The van der Waals surface area contributed by atoms with E-state index in [1.807, 2.05) is 0 Å². The second-order valence-electron chi connectivity index (χ2n) is 6.70. The largest absolute Gasteiger partial charge is 0.475 e. The molecule has 1 amide bonds. The van der Waals surface area contributed by atoms with Crippen LogP contribution in [0.25, 0.3) is 0 Å². The number of nitrogens with zero attached hydrogens (tertiary/aromatic N) is 4. The lowest BCUT2D eigenvalue weighted by atomic mass is 10.2. The monoisotopic (exact) mass is 442 g/mol. The van der Waals surface area contributed by atoms with Crippen molar-refractivity contribution in [1.29, 1.82) is 0 Å². The van der Waals surface area contributed by atoms with Crippen LogP contribution in [0.2, 0.25) is 0 Å². The normalized spacial score (nSPS) is 18.9. The van der Waals surface area contributed by atoms with Gasteiger partial charge in [0.05, 0.1) is 18.7 Å². The van der Waals surface area contributed by atoms with E-state index in [1.54, 1.807) is 0 Å². The number of rotatable bonds is 4. The summed E-state index contributed by atoms with van der Waals surface area (Å²) >= 11 is 1.47. The molecule has 0 bridgehead atoms. The Bertz CT molecular complexity index is 996. The average Bonchev–Trinajstić information content (AvgIpc) is 3.22. The molecule has 0 aliphatic carbocycles. The zero-order valence-electron chi connectivity index (χ0n) is 15.6. The fourth-order valence-electron chi connectivity index (χ4n) is 3.15. The Hall–Kier alpha value is -2.60. The summed E-state index contributed by atoms with van der Waals surface area (Å²) < 4.78 is 50.2. The minimum atomic E-state index is -4.47. The van der Waals surface area contributed by atoms with Gasteiger partial charge in [-0.05, 0) is 6.07 Å². The number of halogens is 3. The van der Waals surface area contributed by atoms with E-state index < -0.39 is 23.8 Å². The van der Waals surface area contributed by atoms with Crippen molar-refractivity contribution in [1.82, 2.24) is 19.4 Å². The minimum Gasteiger partial charge on any atom is -0.475 e. The maximum absolute atomic E-state index is 12.8. The molecule has 1 fully saturated rings. The third-order valence-corrected chi connectivity index (χ3v) is 5.66. The van der Waals surface area contributed by atoms with Gasteiger partial charge in [0.1, 0.15) is 18.3 Å². The van der Waals surface area contributed by atoms with E-state index in [9.17, 15) is 22.8 Å². The molecule has 30 heavy (non-hydrogen) atoms. The predicted molar refractivity (Wildman–Crippen MR) is 99.6 cm³/mol. The van der Waals surface area contributed by atoms with Crippen LogP contribution in [-0.2, 0) is 17.5 Å². The topological polar surface area (TPSA) is 86.6 Å². The van der Waals surface area contributed by atoms with Crippen LogP contribution >= 0.6 is 11.8 Å². The lowest BCUT2D eigenvalue weighted by Gasteiger charge is -2.32. The molecule has 4 rings (SSSR count). The third-order valence-electron chi connectivity index (χ3n) is 4.69. The van der Waals surface area contributed by atoms with Crippen LogP contribution < -0.4 is 10.3 Å². The van der Waals surface area contributed by atoms with Crippen molar-refractivity contribution in [2.75, 3.05) is 32.1 Å². The third kappa shape index (κ3) is 4.29. The summed E-state index contributed by atoms with van der Waals surface area (Å²) in [6, 6.07) is 2.01. The van der Waals surface area contributed by atoms with E-state index in [0.29, 0.717) is 24.4 Å². The van der Waals surface area contributed by atoms with Crippen LogP contribution in [-0.4, -0.2) is 63.5 Å². The first-order valence-electron chi connectivity index (χ1n) is 9.12. The summed E-state index contributed by atoms with van der Waals surface area (Å²) in [7, 11) is 0. The van der Waals surface area contributed by atoms with Crippen molar-refractivity contribution in [3.05, 3.63) is 46.0 Å². The lowest BCUT2D eigenvalue weighted by Crippen LogP contribution is -2.49. The van der Waals surface area contributed by atoms with Crippen LogP contribution in [0.15, 0.2) is 34.5 Å². The number of pyridine rings is 1. The van der Waals surface area contributed by atoms with Crippen molar-refractivity contribution in [2.24, 2.45) is 0 Å². The van der Waals surface area contributed by atoms with Crippen LogP contribution in [0.1, 0.15) is 15.9 Å². The van der Waals surface area contributed by atoms with Crippen LogP contribution in [0, 0.1) is 0 Å². The van der Waals surface area contributed by atoms with E-state index in [4.69, 9.17) is 9.47 Å². The van der Waals surface area contributed by atoms with Gasteiger partial charge >= 0.3 is 6.18 Å². The first kappa shape index (κ1) is 20.7. The van der Waals surface area contributed by atoms with E-state index in [-0.39, 0.29) is 36.8 Å². The summed E-state index contributed by atoms with van der Waals surface area (Å²) in [4.78, 5) is 34.7. The summed E-state index contributed by atoms with van der Waals surface area (Å²) in [5, 5.41) is 0.605. The molecule has 2 aliphatic rings. The molecular formula is C18H17F3N4O4S. The van der Waals surface area contributed by atoms with Gasteiger partial charge in [-0.2, -0.15) is 13.2 Å². The highest BCUT2D eigenvalue weighted by molar-refractivity contribution is 7.99. The highest BCUT2D eigenvalue weighted by Gasteiger charge is 2.31. The Morgan fingerprint density at radius 2 is 2.10 bits per heavy atom. The quantitative estimate of drug-likeness (QED) is 0.666. The number of amides is 1. The maximum Gasteiger partial charge on any atom is 0.417 e. The number of fused-ring (bicyclic) bond motifs is 1. The van der Waals surface area contributed by atoms with Crippen LogP contribution in [0.5, 0.6) is 5.88 Å². The molecule has 1 unspecified atom stereocenters. The van der Waals surface area contributed by atoms with E-state index in [2.05, 4.69) is 9.97 Å². The van der Waals surface area contributed by atoms with Gasteiger partial charge in [-0.15, -0.1) is 0 Å². The number of hydrogen-bond acceptors (Lipinski definition) is 7. The molecule has 1 atom stereocenters. The molecule has 0 N–H and O–H groups in total. The molecule has 0 saturated carbocycles. The number of hydrogen-bond donors (Lipinski definition) is 0. The second-order valence-corrected chi connectivity index (χ2v) is 7.76. The fraction of sp³-hybridized carbons (Fsp3) is 0.444. The first-order chi connectivity index (χ1) is 14.3. The summed E-state index contributed by atoms with van der Waals surface area (Å²) in [6.45, 7) is 1.25. The number of ether oxygens (including phenoxy) is 2. The zero-order chi connectivity index (χ0) is 21.3. The van der Waals surface area contributed by atoms with Crippen LogP contribution in [0.4, 0.5) is 13.2 Å². The van der Waals surface area contributed by atoms with Crippen LogP contribution in [0.3, 0.4) is 0 Å². The summed E-state index contributed by atoms with van der Waals surface area (Å²) in [5.41, 5.74) is -1.22. The van der Waals surface area contributed by atoms with Gasteiger partial charge in [0.2, 0.25) is 5.88 Å². The number of carbonyl (C=O) groups excluding carboxylic acids is 1. The Kier molecular flexibility index (Phi) is 5.69. The van der Waals surface area contributed by atoms with E-state index in [1.165, 1.54) is 27.4 Å². The number of carbonyl (C=O) groups is 1. The average molecular weight is 442 g/mol. The molecule has 2 aromatic heterocycles. The molecule has 0 spiro atoms. The van der Waals surface area contributed by atoms with E-state index >= 15 is 0 Å². The number of thioether (sulfide) groups is 1.